The molecule has 0 bridgehead atoms. The predicted octanol–water partition coefficient (Wildman–Crippen LogP) is 5.40. The summed E-state index contributed by atoms with van der Waals surface area (Å²) in [5.74, 6) is 3.88. The molecule has 0 aliphatic heterocycles. The number of fused-ring (bicyclic) bond motifs is 5. The molecule has 1 aromatic carbocycles. The van der Waals surface area contributed by atoms with Crippen LogP contribution < -0.4 is 10.1 Å². The summed E-state index contributed by atoms with van der Waals surface area (Å²) in [4.78, 5) is 12.4. The molecule has 2 saturated carbocycles. The zero-order chi connectivity index (χ0) is 22.7. The fourth-order valence-electron chi connectivity index (χ4n) is 7.32. The molecule has 178 valence electrons. The average Bonchev–Trinajstić information content (AvgIpc) is 3.13. The second-order valence-corrected chi connectivity index (χ2v) is 10.7. The minimum absolute atomic E-state index is 0.0184. The molecule has 0 spiro atoms. The monoisotopic (exact) mass is 441 g/mol. The van der Waals surface area contributed by atoms with Crippen LogP contribution in [0.1, 0.15) is 94.7 Å². The first-order chi connectivity index (χ1) is 15.5. The van der Waals surface area contributed by atoms with Crippen molar-refractivity contribution >= 4 is 5.91 Å². The Morgan fingerprint density at radius 2 is 2.06 bits per heavy atom. The molecule has 0 radical (unpaired) electrons. The van der Waals surface area contributed by atoms with Gasteiger partial charge in [-0.05, 0) is 103 Å². The van der Waals surface area contributed by atoms with Crippen molar-refractivity contribution < 1.29 is 14.6 Å². The van der Waals surface area contributed by atoms with Crippen LogP contribution in [0.5, 0.6) is 5.75 Å². The van der Waals surface area contributed by atoms with E-state index in [2.05, 4.69) is 38.2 Å². The van der Waals surface area contributed by atoms with Crippen molar-refractivity contribution in [3.05, 3.63) is 28.8 Å². The van der Waals surface area contributed by atoms with Crippen molar-refractivity contribution in [1.82, 2.24) is 5.32 Å². The van der Waals surface area contributed by atoms with Crippen molar-refractivity contribution in [3.63, 3.8) is 0 Å². The number of aliphatic hydroxyl groups is 1. The van der Waals surface area contributed by atoms with Gasteiger partial charge in [0, 0.05) is 13.0 Å². The van der Waals surface area contributed by atoms with Crippen molar-refractivity contribution in [2.75, 3.05) is 19.8 Å². The Kier molecular flexibility index (Phi) is 7.49. The second-order valence-electron chi connectivity index (χ2n) is 10.7. The van der Waals surface area contributed by atoms with Crippen molar-refractivity contribution in [2.24, 2.45) is 23.2 Å². The zero-order valence-corrected chi connectivity index (χ0v) is 20.4. The highest BCUT2D eigenvalue weighted by Crippen LogP contribution is 2.63. The normalized spacial score (nSPS) is 30.9. The molecule has 32 heavy (non-hydrogen) atoms. The van der Waals surface area contributed by atoms with Crippen molar-refractivity contribution in [3.8, 4) is 5.75 Å². The summed E-state index contributed by atoms with van der Waals surface area (Å²) >= 11 is 0. The smallest absolute Gasteiger partial charge is 0.220 e. The summed E-state index contributed by atoms with van der Waals surface area (Å²) < 4.78 is 6.18. The topological polar surface area (TPSA) is 58.6 Å². The van der Waals surface area contributed by atoms with Crippen LogP contribution in [0.25, 0.3) is 0 Å². The molecule has 5 atom stereocenters. The molecule has 4 heteroatoms. The Morgan fingerprint density at radius 1 is 1.22 bits per heavy atom. The van der Waals surface area contributed by atoms with Gasteiger partial charge >= 0.3 is 0 Å². The maximum absolute atomic E-state index is 12.4. The molecule has 2 fully saturated rings. The third kappa shape index (κ3) is 4.44. The van der Waals surface area contributed by atoms with Gasteiger partial charge in [0.15, 0.2) is 0 Å². The SMILES string of the molecule is CCCCOc1cc2c(cc1CC)C1CC[C@@]3(C)C(CC[C@@H]3CC(=O)NCCO)C1CC2. The summed E-state index contributed by atoms with van der Waals surface area (Å²) in [7, 11) is 0. The van der Waals surface area contributed by atoms with E-state index in [9.17, 15) is 4.79 Å². The van der Waals surface area contributed by atoms with E-state index in [-0.39, 0.29) is 17.9 Å². The van der Waals surface area contributed by atoms with Crippen LogP contribution in [0, 0.1) is 23.2 Å². The number of hydrogen-bond donors (Lipinski definition) is 2. The van der Waals surface area contributed by atoms with Crippen LogP contribution in [0.3, 0.4) is 0 Å². The first-order valence-electron chi connectivity index (χ1n) is 13.2. The quantitative estimate of drug-likeness (QED) is 0.505. The number of rotatable bonds is 9. The fourth-order valence-corrected chi connectivity index (χ4v) is 7.32. The predicted molar refractivity (Wildman–Crippen MR) is 129 cm³/mol. The van der Waals surface area contributed by atoms with E-state index in [1.807, 2.05) is 0 Å². The number of carbonyl (C=O) groups excluding carboxylic acids is 1. The molecule has 1 aromatic rings. The van der Waals surface area contributed by atoms with Gasteiger partial charge < -0.3 is 15.2 Å². The van der Waals surface area contributed by atoms with Crippen LogP contribution in [0.2, 0.25) is 0 Å². The summed E-state index contributed by atoms with van der Waals surface area (Å²) in [6, 6.07) is 4.86. The molecule has 3 aliphatic carbocycles. The Balaban J connectivity index is 1.51. The molecule has 0 aromatic heterocycles. The molecule has 4 rings (SSSR count). The van der Waals surface area contributed by atoms with E-state index in [1.165, 1.54) is 56.1 Å². The zero-order valence-electron chi connectivity index (χ0n) is 20.4. The van der Waals surface area contributed by atoms with E-state index in [0.717, 1.165) is 37.0 Å². The number of unbranched alkanes of at least 4 members (excludes halogenated alkanes) is 1. The Morgan fingerprint density at radius 3 is 2.81 bits per heavy atom. The van der Waals surface area contributed by atoms with Crippen LogP contribution in [-0.4, -0.2) is 30.8 Å². The molecule has 3 aliphatic rings. The lowest BCUT2D eigenvalue weighted by atomic mass is 9.54. The van der Waals surface area contributed by atoms with E-state index in [4.69, 9.17) is 9.84 Å². The minimum Gasteiger partial charge on any atom is -0.493 e. The molecular weight excluding hydrogens is 398 g/mol. The number of benzene rings is 1. The fraction of sp³-hybridized carbons (Fsp3) is 0.750. The number of ether oxygens (including phenoxy) is 1. The number of aryl methyl sites for hydroxylation is 2. The largest absolute Gasteiger partial charge is 0.493 e. The first kappa shape index (κ1) is 23.6. The van der Waals surface area contributed by atoms with Crippen LogP contribution in [-0.2, 0) is 17.6 Å². The Bertz CT molecular complexity index is 806. The minimum atomic E-state index is 0.0184. The molecule has 4 nitrogen and oxygen atoms in total. The molecule has 1 amide bonds. The Hall–Kier alpha value is -1.55. The lowest BCUT2D eigenvalue weighted by Crippen LogP contribution is -2.43. The van der Waals surface area contributed by atoms with E-state index in [0.29, 0.717) is 24.8 Å². The van der Waals surface area contributed by atoms with Gasteiger partial charge in [-0.2, -0.15) is 0 Å². The average molecular weight is 442 g/mol. The van der Waals surface area contributed by atoms with Gasteiger partial charge in [-0.1, -0.05) is 33.3 Å². The highest BCUT2D eigenvalue weighted by Gasteiger charge is 2.54. The lowest BCUT2D eigenvalue weighted by Gasteiger charge is -2.51. The van der Waals surface area contributed by atoms with Gasteiger partial charge in [-0.15, -0.1) is 0 Å². The van der Waals surface area contributed by atoms with Gasteiger partial charge in [-0.25, -0.2) is 0 Å². The summed E-state index contributed by atoms with van der Waals surface area (Å²) in [5.41, 5.74) is 4.79. The number of hydrogen-bond acceptors (Lipinski definition) is 3. The van der Waals surface area contributed by atoms with E-state index < -0.39 is 0 Å². The van der Waals surface area contributed by atoms with E-state index in [1.54, 1.807) is 5.56 Å². The third-order valence-corrected chi connectivity index (χ3v) is 9.10. The number of amides is 1. The first-order valence-corrected chi connectivity index (χ1v) is 13.2. The maximum Gasteiger partial charge on any atom is 0.220 e. The molecular formula is C28H43NO3. The van der Waals surface area contributed by atoms with Gasteiger partial charge in [-0.3, -0.25) is 4.79 Å². The molecule has 0 heterocycles. The molecule has 3 unspecified atom stereocenters. The van der Waals surface area contributed by atoms with Crippen LogP contribution >= 0.6 is 0 Å². The second kappa shape index (κ2) is 10.2. The summed E-state index contributed by atoms with van der Waals surface area (Å²) in [6.45, 7) is 8.14. The summed E-state index contributed by atoms with van der Waals surface area (Å²) in [6.07, 6.45) is 11.3. The van der Waals surface area contributed by atoms with E-state index >= 15 is 0 Å². The van der Waals surface area contributed by atoms with Crippen molar-refractivity contribution in [2.45, 2.75) is 90.9 Å². The third-order valence-electron chi connectivity index (χ3n) is 9.10. The van der Waals surface area contributed by atoms with Gasteiger partial charge in [0.05, 0.1) is 13.2 Å². The molecule has 0 saturated heterocycles. The maximum atomic E-state index is 12.4. The number of aliphatic hydroxyl groups excluding tert-OH is 1. The van der Waals surface area contributed by atoms with Gasteiger partial charge in [0.25, 0.3) is 0 Å². The Labute approximate surface area is 194 Å². The van der Waals surface area contributed by atoms with Crippen LogP contribution in [0.15, 0.2) is 12.1 Å². The highest BCUT2D eigenvalue weighted by atomic mass is 16.5. The summed E-state index contributed by atoms with van der Waals surface area (Å²) in [5, 5.41) is 11.9. The van der Waals surface area contributed by atoms with Crippen LogP contribution in [0.4, 0.5) is 0 Å². The van der Waals surface area contributed by atoms with Gasteiger partial charge in [0.1, 0.15) is 5.75 Å². The standard InChI is InChI=1S/C28H43NO3/c1-4-6-15-32-26-17-20-7-9-23-22(24(20)16-19(26)5-2)11-12-28(3)21(8-10-25(23)28)18-27(31)29-13-14-30/h16-17,21-23,25,30H,4-15,18H2,1-3H3,(H,29,31)/t21-,22?,23?,25?,28-/m1/s1. The molecule has 2 N–H and O–H groups in total. The highest BCUT2D eigenvalue weighted by molar-refractivity contribution is 5.76. The number of nitrogens with one attached hydrogen (secondary N) is 1. The lowest BCUT2D eigenvalue weighted by molar-refractivity contribution is -0.123. The van der Waals surface area contributed by atoms with Crippen molar-refractivity contribution in [1.29, 1.82) is 0 Å². The number of carbonyl (C=O) groups is 1. The van der Waals surface area contributed by atoms with Gasteiger partial charge in [0.2, 0.25) is 5.91 Å².